The molecule has 0 bridgehead atoms. The smallest absolute Gasteiger partial charge is 0.329 e. The molecule has 0 spiro atoms. The average molecular weight is 157 g/mol. The third-order valence-corrected chi connectivity index (χ3v) is 1.32. The van der Waals surface area contributed by atoms with Crippen LogP contribution >= 0.6 is 0 Å². The molecule has 0 fully saturated rings. The van der Waals surface area contributed by atoms with Crippen molar-refractivity contribution in [1.82, 2.24) is 0 Å². The van der Waals surface area contributed by atoms with Crippen LogP contribution in [0.5, 0.6) is 0 Å². The number of aliphatic carboxylic acids is 1. The van der Waals surface area contributed by atoms with Crippen LogP contribution in [0.25, 0.3) is 0 Å². The number of carbonyl (C=O) groups excluding carboxylic acids is 1. The standard InChI is InChI=1S/C7H11NO3/c1-2-3-4-6(7(10)11)8-5-9/h6H,2-4H2,1H3,(H,10,11)/t6-/m1/s1. The van der Waals surface area contributed by atoms with Crippen LogP contribution in [0.4, 0.5) is 0 Å². The lowest BCUT2D eigenvalue weighted by molar-refractivity contribution is -0.138. The van der Waals surface area contributed by atoms with Gasteiger partial charge in [-0.05, 0) is 6.42 Å². The highest BCUT2D eigenvalue weighted by atomic mass is 16.4. The summed E-state index contributed by atoms with van der Waals surface area (Å²) in [5.41, 5.74) is 0. The fraction of sp³-hybridized carbons (Fsp3) is 0.714. The molecule has 0 aliphatic rings. The monoisotopic (exact) mass is 157 g/mol. The third kappa shape index (κ3) is 4.28. The van der Waals surface area contributed by atoms with E-state index in [4.69, 9.17) is 5.11 Å². The molecule has 0 radical (unpaired) electrons. The van der Waals surface area contributed by atoms with Crippen molar-refractivity contribution in [1.29, 1.82) is 0 Å². The van der Waals surface area contributed by atoms with Gasteiger partial charge in [0.1, 0.15) is 0 Å². The summed E-state index contributed by atoms with van der Waals surface area (Å²) in [6.45, 7) is 1.95. The highest BCUT2D eigenvalue weighted by Gasteiger charge is 2.14. The van der Waals surface area contributed by atoms with Crippen LogP contribution in [0.2, 0.25) is 0 Å². The molecule has 0 unspecified atom stereocenters. The van der Waals surface area contributed by atoms with Gasteiger partial charge in [-0.3, -0.25) is 0 Å². The van der Waals surface area contributed by atoms with Crippen LogP contribution in [-0.4, -0.2) is 23.2 Å². The number of unbranched alkanes of at least 4 members (excludes halogenated alkanes) is 1. The van der Waals surface area contributed by atoms with E-state index in [9.17, 15) is 9.59 Å². The maximum absolute atomic E-state index is 10.3. The second-order valence-electron chi connectivity index (χ2n) is 2.22. The van der Waals surface area contributed by atoms with Crippen LogP contribution in [0, 0.1) is 0 Å². The van der Waals surface area contributed by atoms with E-state index in [0.717, 1.165) is 12.8 Å². The fourth-order valence-electron chi connectivity index (χ4n) is 0.704. The van der Waals surface area contributed by atoms with Gasteiger partial charge in [-0.2, -0.15) is 4.99 Å². The summed E-state index contributed by atoms with van der Waals surface area (Å²) in [4.78, 5) is 23.2. The number of carboxylic acids is 1. The molecule has 4 nitrogen and oxygen atoms in total. The summed E-state index contributed by atoms with van der Waals surface area (Å²) in [6.07, 6.45) is 3.34. The number of nitrogens with zero attached hydrogens (tertiary/aromatic N) is 1. The van der Waals surface area contributed by atoms with E-state index in [1.807, 2.05) is 6.92 Å². The second kappa shape index (κ2) is 5.62. The Hall–Kier alpha value is -1.15. The lowest BCUT2D eigenvalue weighted by atomic mass is 10.1. The topological polar surface area (TPSA) is 66.7 Å². The Bertz CT molecular complexity index is 171. The van der Waals surface area contributed by atoms with Crippen molar-refractivity contribution >= 4 is 12.0 Å². The van der Waals surface area contributed by atoms with Crippen molar-refractivity contribution in [2.24, 2.45) is 4.99 Å². The quantitative estimate of drug-likeness (QED) is 0.477. The molecule has 0 aliphatic carbocycles. The molecule has 11 heavy (non-hydrogen) atoms. The maximum Gasteiger partial charge on any atom is 0.329 e. The van der Waals surface area contributed by atoms with Crippen molar-refractivity contribution in [2.45, 2.75) is 32.2 Å². The summed E-state index contributed by atoms with van der Waals surface area (Å²) in [6, 6.07) is -0.896. The van der Waals surface area contributed by atoms with Crippen LogP contribution in [0.15, 0.2) is 4.99 Å². The van der Waals surface area contributed by atoms with Crippen LogP contribution in [0.1, 0.15) is 26.2 Å². The van der Waals surface area contributed by atoms with E-state index >= 15 is 0 Å². The zero-order valence-corrected chi connectivity index (χ0v) is 6.41. The van der Waals surface area contributed by atoms with Gasteiger partial charge < -0.3 is 5.11 Å². The summed E-state index contributed by atoms with van der Waals surface area (Å²) < 4.78 is 0. The number of hydrogen-bond acceptors (Lipinski definition) is 3. The molecule has 62 valence electrons. The molecular weight excluding hydrogens is 146 g/mol. The van der Waals surface area contributed by atoms with Crippen LogP contribution in [0.3, 0.4) is 0 Å². The largest absolute Gasteiger partial charge is 0.480 e. The zero-order valence-electron chi connectivity index (χ0n) is 6.41. The summed E-state index contributed by atoms with van der Waals surface area (Å²) >= 11 is 0. The number of carbonyl (C=O) groups is 1. The van der Waals surface area contributed by atoms with Crippen LogP contribution in [-0.2, 0) is 9.59 Å². The van der Waals surface area contributed by atoms with Crippen molar-refractivity contribution < 1.29 is 14.7 Å². The SMILES string of the molecule is CCCC[C@@H](N=C=O)C(=O)O. The molecule has 0 amide bonds. The van der Waals surface area contributed by atoms with E-state index in [2.05, 4.69) is 4.99 Å². The fourth-order valence-corrected chi connectivity index (χ4v) is 0.704. The highest BCUT2D eigenvalue weighted by Crippen LogP contribution is 2.03. The van der Waals surface area contributed by atoms with Gasteiger partial charge in [0.15, 0.2) is 6.04 Å². The Labute approximate surface area is 64.9 Å². The predicted octanol–water partition coefficient (Wildman–Crippen LogP) is 0.966. The van der Waals surface area contributed by atoms with E-state index in [1.54, 1.807) is 0 Å². The molecule has 0 rings (SSSR count). The molecule has 1 atom stereocenters. The predicted molar refractivity (Wildman–Crippen MR) is 39.1 cm³/mol. The summed E-state index contributed by atoms with van der Waals surface area (Å²) in [5, 5.41) is 8.46. The first-order valence-corrected chi connectivity index (χ1v) is 3.52. The van der Waals surface area contributed by atoms with E-state index in [1.165, 1.54) is 6.08 Å². The first-order chi connectivity index (χ1) is 5.22. The maximum atomic E-state index is 10.3. The number of aliphatic imine (C=N–C) groups is 1. The number of carboxylic acid groups (broad SMARTS) is 1. The molecular formula is C7H11NO3. The van der Waals surface area contributed by atoms with Gasteiger partial charge in [0.2, 0.25) is 6.08 Å². The van der Waals surface area contributed by atoms with Gasteiger partial charge in [0.05, 0.1) is 0 Å². The number of hydrogen-bond donors (Lipinski definition) is 1. The lowest BCUT2D eigenvalue weighted by Gasteiger charge is -2.01. The Morgan fingerprint density at radius 3 is 2.73 bits per heavy atom. The first kappa shape index (κ1) is 9.85. The molecule has 1 N–H and O–H groups in total. The Morgan fingerprint density at radius 1 is 1.73 bits per heavy atom. The molecule has 0 aliphatic heterocycles. The molecule has 4 heteroatoms. The second-order valence-corrected chi connectivity index (χ2v) is 2.22. The Kier molecular flexibility index (Phi) is 5.03. The third-order valence-electron chi connectivity index (χ3n) is 1.32. The molecule has 0 saturated carbocycles. The highest BCUT2D eigenvalue weighted by molar-refractivity contribution is 5.74. The molecule has 0 aromatic carbocycles. The zero-order chi connectivity index (χ0) is 8.69. The minimum atomic E-state index is -1.05. The van der Waals surface area contributed by atoms with Crippen molar-refractivity contribution in [3.05, 3.63) is 0 Å². The normalized spacial score (nSPS) is 11.7. The number of isocyanates is 1. The van der Waals surface area contributed by atoms with Gasteiger partial charge in [-0.25, -0.2) is 9.59 Å². The summed E-state index contributed by atoms with van der Waals surface area (Å²) in [5.74, 6) is -1.05. The molecule has 0 aromatic rings. The molecule has 0 aromatic heterocycles. The van der Waals surface area contributed by atoms with E-state index in [-0.39, 0.29) is 0 Å². The summed E-state index contributed by atoms with van der Waals surface area (Å²) in [7, 11) is 0. The van der Waals surface area contributed by atoms with Gasteiger partial charge in [-0.1, -0.05) is 19.8 Å². The van der Waals surface area contributed by atoms with Crippen LogP contribution < -0.4 is 0 Å². The number of rotatable bonds is 5. The van der Waals surface area contributed by atoms with E-state index in [0.29, 0.717) is 6.42 Å². The Morgan fingerprint density at radius 2 is 2.36 bits per heavy atom. The van der Waals surface area contributed by atoms with Crippen molar-refractivity contribution in [2.75, 3.05) is 0 Å². The first-order valence-electron chi connectivity index (χ1n) is 3.52. The van der Waals surface area contributed by atoms with Crippen molar-refractivity contribution in [3.63, 3.8) is 0 Å². The average Bonchev–Trinajstić information content (AvgIpc) is 1.97. The van der Waals surface area contributed by atoms with Crippen molar-refractivity contribution in [3.8, 4) is 0 Å². The van der Waals surface area contributed by atoms with Gasteiger partial charge >= 0.3 is 5.97 Å². The van der Waals surface area contributed by atoms with Gasteiger partial charge in [0.25, 0.3) is 0 Å². The minimum Gasteiger partial charge on any atom is -0.480 e. The molecule has 0 heterocycles. The van der Waals surface area contributed by atoms with E-state index < -0.39 is 12.0 Å². The molecule has 0 saturated heterocycles. The minimum absolute atomic E-state index is 0.418. The van der Waals surface area contributed by atoms with Gasteiger partial charge in [0, 0.05) is 0 Å². The van der Waals surface area contributed by atoms with Gasteiger partial charge in [-0.15, -0.1) is 0 Å². The Balaban J connectivity index is 3.89. The lowest BCUT2D eigenvalue weighted by Crippen LogP contribution is -2.17.